The summed E-state index contributed by atoms with van der Waals surface area (Å²) in [6, 6.07) is 1.67. The monoisotopic (exact) mass is 327 g/mol. The highest BCUT2D eigenvalue weighted by Gasteiger charge is 2.46. The Morgan fingerprint density at radius 1 is 1.26 bits per heavy atom. The molecule has 4 nitrogen and oxygen atoms in total. The van der Waals surface area contributed by atoms with Gasteiger partial charge in [0, 0.05) is 23.1 Å². The average Bonchev–Trinajstić information content (AvgIpc) is 2.42. The number of rotatable bonds is 2. The molecule has 0 saturated heterocycles. The van der Waals surface area contributed by atoms with E-state index in [1.165, 1.54) is 6.92 Å². The van der Waals surface area contributed by atoms with Crippen molar-refractivity contribution in [2.45, 2.75) is 39.8 Å². The highest BCUT2D eigenvalue weighted by molar-refractivity contribution is 6.26. The smallest absolute Gasteiger partial charge is 0.298 e. The van der Waals surface area contributed by atoms with Crippen LogP contribution in [0.3, 0.4) is 0 Å². The molecule has 1 aliphatic rings. The van der Waals surface area contributed by atoms with E-state index in [9.17, 15) is 27.6 Å². The van der Waals surface area contributed by atoms with Crippen LogP contribution in [0, 0.1) is 18.3 Å². The maximum absolute atomic E-state index is 12.6. The van der Waals surface area contributed by atoms with E-state index in [2.05, 4.69) is 4.98 Å². The molecule has 1 unspecified atom stereocenters. The van der Waals surface area contributed by atoms with Gasteiger partial charge in [-0.15, -0.1) is 0 Å². The second kappa shape index (κ2) is 5.54. The molecule has 1 aromatic rings. The summed E-state index contributed by atoms with van der Waals surface area (Å²) in [5.41, 5.74) is -2.19. The van der Waals surface area contributed by atoms with E-state index in [0.29, 0.717) is 12.5 Å². The molecule has 0 aliphatic heterocycles. The first-order valence-corrected chi connectivity index (χ1v) is 7.11. The largest absolute Gasteiger partial charge is 0.433 e. The van der Waals surface area contributed by atoms with Crippen LogP contribution >= 0.6 is 0 Å². The third-order valence-electron chi connectivity index (χ3n) is 4.15. The molecule has 1 saturated carbocycles. The first-order chi connectivity index (χ1) is 10.4. The van der Waals surface area contributed by atoms with Crippen LogP contribution in [0.5, 0.6) is 0 Å². The number of ketones is 3. The summed E-state index contributed by atoms with van der Waals surface area (Å²) in [6.07, 6.45) is -4.16. The molecular formula is C16H16F3NO3. The van der Waals surface area contributed by atoms with E-state index in [4.69, 9.17) is 0 Å². The van der Waals surface area contributed by atoms with Crippen molar-refractivity contribution < 1.29 is 27.6 Å². The van der Waals surface area contributed by atoms with Gasteiger partial charge in [0.2, 0.25) is 0 Å². The normalized spacial score (nSPS) is 21.4. The molecule has 1 fully saturated rings. The Hall–Kier alpha value is -2.05. The fourth-order valence-electron chi connectivity index (χ4n) is 2.64. The van der Waals surface area contributed by atoms with E-state index in [1.807, 2.05) is 0 Å². The van der Waals surface area contributed by atoms with Crippen molar-refractivity contribution in [2.24, 2.45) is 11.3 Å². The lowest BCUT2D eigenvalue weighted by Crippen LogP contribution is -2.45. The molecule has 1 heterocycles. The second-order valence-corrected chi connectivity index (χ2v) is 6.34. The van der Waals surface area contributed by atoms with Crippen molar-refractivity contribution in [1.29, 1.82) is 0 Å². The summed E-state index contributed by atoms with van der Waals surface area (Å²) in [7, 11) is 0. The molecule has 1 aromatic heterocycles. The number of hydrogen-bond acceptors (Lipinski definition) is 4. The van der Waals surface area contributed by atoms with Crippen molar-refractivity contribution >= 4 is 17.3 Å². The lowest BCUT2D eigenvalue weighted by molar-refractivity contribution is -0.142. The number of nitrogens with zero attached hydrogens (tertiary/aromatic N) is 1. The lowest BCUT2D eigenvalue weighted by atomic mass is 9.68. The Kier molecular flexibility index (Phi) is 4.17. The van der Waals surface area contributed by atoms with Crippen LogP contribution in [0.2, 0.25) is 0 Å². The van der Waals surface area contributed by atoms with Crippen molar-refractivity contribution in [2.75, 3.05) is 0 Å². The molecule has 0 radical (unpaired) electrons. The summed E-state index contributed by atoms with van der Waals surface area (Å²) in [5.74, 6) is -3.20. The number of carbonyl (C=O) groups is 3. The number of halogens is 3. The van der Waals surface area contributed by atoms with Gasteiger partial charge in [-0.05, 0) is 25.5 Å². The van der Waals surface area contributed by atoms with E-state index >= 15 is 0 Å². The molecule has 7 heteroatoms. The van der Waals surface area contributed by atoms with Gasteiger partial charge in [-0.3, -0.25) is 14.4 Å². The van der Waals surface area contributed by atoms with Gasteiger partial charge in [0.05, 0.1) is 0 Å². The van der Waals surface area contributed by atoms with Crippen molar-refractivity contribution in [3.8, 4) is 0 Å². The van der Waals surface area contributed by atoms with Crippen LogP contribution in [-0.2, 0) is 15.8 Å². The van der Waals surface area contributed by atoms with Crippen molar-refractivity contribution in [1.82, 2.24) is 4.98 Å². The molecule has 0 aromatic carbocycles. The number of Topliss-reactive ketones (excluding diaryl/α,β-unsaturated/α-hetero) is 3. The Balaban J connectivity index is 2.40. The maximum Gasteiger partial charge on any atom is 0.433 e. The number of hydrogen-bond donors (Lipinski definition) is 0. The number of alkyl halides is 3. The van der Waals surface area contributed by atoms with Gasteiger partial charge >= 0.3 is 6.18 Å². The molecule has 0 spiro atoms. The van der Waals surface area contributed by atoms with Crippen LogP contribution < -0.4 is 0 Å². The highest BCUT2D eigenvalue weighted by Crippen LogP contribution is 2.35. The summed E-state index contributed by atoms with van der Waals surface area (Å²) >= 11 is 0. The maximum atomic E-state index is 12.6. The third-order valence-corrected chi connectivity index (χ3v) is 4.15. The number of pyridine rings is 1. The minimum absolute atomic E-state index is 0.0995. The summed E-state index contributed by atoms with van der Waals surface area (Å²) < 4.78 is 37.9. The standard InChI is InChI=1S/C16H16F3NO3/c1-8-9(4-5-11(20-8)16(17,18)19)13(22)12-10(21)6-7-15(2,3)14(12)23/h4-5,12H,6-7H2,1-3H3. The first-order valence-electron chi connectivity index (χ1n) is 7.11. The minimum Gasteiger partial charge on any atom is -0.298 e. The molecule has 23 heavy (non-hydrogen) atoms. The van der Waals surface area contributed by atoms with E-state index in [-0.39, 0.29) is 17.7 Å². The molecule has 1 aliphatic carbocycles. The lowest BCUT2D eigenvalue weighted by Gasteiger charge is -2.32. The van der Waals surface area contributed by atoms with Gasteiger partial charge in [-0.25, -0.2) is 4.98 Å². The fraction of sp³-hybridized carbons (Fsp3) is 0.500. The summed E-state index contributed by atoms with van der Waals surface area (Å²) in [6.45, 7) is 4.56. The van der Waals surface area contributed by atoms with Crippen molar-refractivity contribution in [3.63, 3.8) is 0 Å². The Morgan fingerprint density at radius 3 is 2.39 bits per heavy atom. The summed E-state index contributed by atoms with van der Waals surface area (Å²) in [5, 5.41) is 0. The minimum atomic E-state index is -4.62. The summed E-state index contributed by atoms with van der Waals surface area (Å²) in [4.78, 5) is 40.3. The predicted molar refractivity (Wildman–Crippen MR) is 74.8 cm³/mol. The Bertz CT molecular complexity index is 692. The van der Waals surface area contributed by atoms with Gasteiger partial charge in [0.1, 0.15) is 11.6 Å². The molecule has 1 atom stereocenters. The third kappa shape index (κ3) is 3.18. The molecule has 2 rings (SSSR count). The van der Waals surface area contributed by atoms with Gasteiger partial charge in [-0.2, -0.15) is 13.2 Å². The Morgan fingerprint density at radius 2 is 1.87 bits per heavy atom. The van der Waals surface area contributed by atoms with Crippen LogP contribution in [0.15, 0.2) is 12.1 Å². The fourth-order valence-corrected chi connectivity index (χ4v) is 2.64. The molecule has 0 bridgehead atoms. The Labute approximate surface area is 131 Å². The molecular weight excluding hydrogens is 311 g/mol. The zero-order chi connectivity index (χ0) is 17.6. The van der Waals surface area contributed by atoms with Gasteiger partial charge in [0.15, 0.2) is 17.3 Å². The quantitative estimate of drug-likeness (QED) is 0.618. The van der Waals surface area contributed by atoms with Gasteiger partial charge in [0.25, 0.3) is 0 Å². The number of aryl methyl sites for hydroxylation is 1. The van der Waals surface area contributed by atoms with Crippen LogP contribution in [0.1, 0.15) is 48.4 Å². The number of aromatic nitrogens is 1. The second-order valence-electron chi connectivity index (χ2n) is 6.34. The van der Waals surface area contributed by atoms with E-state index in [0.717, 1.165) is 6.07 Å². The molecule has 0 amide bonds. The van der Waals surface area contributed by atoms with E-state index < -0.39 is 40.6 Å². The average molecular weight is 327 g/mol. The highest BCUT2D eigenvalue weighted by atomic mass is 19.4. The van der Waals surface area contributed by atoms with Gasteiger partial charge < -0.3 is 0 Å². The van der Waals surface area contributed by atoms with E-state index in [1.54, 1.807) is 13.8 Å². The zero-order valence-corrected chi connectivity index (χ0v) is 13.0. The van der Waals surface area contributed by atoms with Crippen molar-refractivity contribution in [3.05, 3.63) is 29.1 Å². The SMILES string of the molecule is Cc1nc(C(F)(F)F)ccc1C(=O)C1C(=O)CCC(C)(C)C1=O. The first kappa shape index (κ1) is 17.3. The van der Waals surface area contributed by atoms with Gasteiger partial charge in [-0.1, -0.05) is 13.8 Å². The molecule has 124 valence electrons. The molecule has 0 N–H and O–H groups in total. The topological polar surface area (TPSA) is 64.1 Å². The number of carbonyl (C=O) groups excluding carboxylic acids is 3. The van der Waals surface area contributed by atoms with Crippen LogP contribution in [-0.4, -0.2) is 22.3 Å². The van der Waals surface area contributed by atoms with Crippen LogP contribution in [0.25, 0.3) is 0 Å². The predicted octanol–water partition coefficient (Wildman–Crippen LogP) is 3.17. The van der Waals surface area contributed by atoms with Crippen LogP contribution in [0.4, 0.5) is 13.2 Å². The zero-order valence-electron chi connectivity index (χ0n) is 13.0.